The van der Waals surface area contributed by atoms with Gasteiger partial charge in [-0.1, -0.05) is 6.07 Å². The average Bonchev–Trinajstić information content (AvgIpc) is 2.84. The smallest absolute Gasteiger partial charge is 0.368 e. The zero-order valence-electron chi connectivity index (χ0n) is 11.0. The van der Waals surface area contributed by atoms with Crippen LogP contribution < -0.4 is 11.1 Å². The van der Waals surface area contributed by atoms with Gasteiger partial charge in [-0.05, 0) is 42.5 Å². The molecule has 0 aliphatic heterocycles. The molecule has 21 heavy (non-hydrogen) atoms. The molecule has 2 aromatic rings. The zero-order chi connectivity index (χ0) is 15.0. The lowest BCUT2D eigenvalue weighted by Gasteiger charge is -2.14. The third-order valence-electron chi connectivity index (χ3n) is 3.47. The maximum Gasteiger partial charge on any atom is 0.421 e. The standard InChI is InChI=1S/C14H13F3N4/c15-14(16,17)11-7-19-13(18)21-12(11)20-10-5-4-8-2-1-3-9(8)6-10/h4-7H,1-3H2,(H3,18,19,20,21). The van der Waals surface area contributed by atoms with E-state index in [0.717, 1.165) is 24.8 Å². The van der Waals surface area contributed by atoms with Gasteiger partial charge in [0.2, 0.25) is 5.95 Å². The van der Waals surface area contributed by atoms with E-state index in [-0.39, 0.29) is 11.8 Å². The van der Waals surface area contributed by atoms with Crippen LogP contribution in [0.5, 0.6) is 0 Å². The predicted molar refractivity (Wildman–Crippen MR) is 73.2 cm³/mol. The number of nitrogens with zero attached hydrogens (tertiary/aromatic N) is 2. The minimum atomic E-state index is -4.53. The molecule has 1 aromatic heterocycles. The van der Waals surface area contributed by atoms with Gasteiger partial charge in [0.1, 0.15) is 11.4 Å². The van der Waals surface area contributed by atoms with Gasteiger partial charge < -0.3 is 11.1 Å². The molecule has 3 N–H and O–H groups in total. The molecule has 0 radical (unpaired) electrons. The Labute approximate surface area is 119 Å². The highest BCUT2D eigenvalue weighted by atomic mass is 19.4. The molecule has 0 fully saturated rings. The molecular weight excluding hydrogens is 281 g/mol. The third-order valence-corrected chi connectivity index (χ3v) is 3.47. The number of nitrogen functional groups attached to an aromatic ring is 1. The van der Waals surface area contributed by atoms with Crippen LogP contribution in [0, 0.1) is 0 Å². The highest BCUT2D eigenvalue weighted by Crippen LogP contribution is 2.35. The lowest BCUT2D eigenvalue weighted by Crippen LogP contribution is -2.12. The summed E-state index contributed by atoms with van der Waals surface area (Å²) in [7, 11) is 0. The van der Waals surface area contributed by atoms with Crippen LogP contribution in [0.1, 0.15) is 23.1 Å². The van der Waals surface area contributed by atoms with E-state index in [2.05, 4.69) is 15.3 Å². The van der Waals surface area contributed by atoms with Crippen LogP contribution in [-0.4, -0.2) is 9.97 Å². The minimum Gasteiger partial charge on any atom is -0.368 e. The van der Waals surface area contributed by atoms with Crippen molar-refractivity contribution in [2.45, 2.75) is 25.4 Å². The van der Waals surface area contributed by atoms with E-state index >= 15 is 0 Å². The second-order valence-electron chi connectivity index (χ2n) is 4.95. The molecule has 0 amide bonds. The van der Waals surface area contributed by atoms with Crippen LogP contribution in [0.15, 0.2) is 24.4 Å². The van der Waals surface area contributed by atoms with Crippen LogP contribution in [0.2, 0.25) is 0 Å². The Morgan fingerprint density at radius 2 is 1.90 bits per heavy atom. The van der Waals surface area contributed by atoms with Crippen molar-refractivity contribution in [3.05, 3.63) is 41.1 Å². The fourth-order valence-corrected chi connectivity index (χ4v) is 2.48. The Morgan fingerprint density at radius 1 is 1.14 bits per heavy atom. The number of benzene rings is 1. The summed E-state index contributed by atoms with van der Waals surface area (Å²) in [5.74, 6) is -0.528. The average molecular weight is 294 g/mol. The maximum atomic E-state index is 12.9. The van der Waals surface area contributed by atoms with Gasteiger partial charge >= 0.3 is 6.18 Å². The number of aromatic nitrogens is 2. The van der Waals surface area contributed by atoms with Gasteiger partial charge in [-0.2, -0.15) is 18.2 Å². The summed E-state index contributed by atoms with van der Waals surface area (Å²) >= 11 is 0. The Kier molecular flexibility index (Phi) is 3.19. The van der Waals surface area contributed by atoms with E-state index in [1.807, 2.05) is 12.1 Å². The summed E-state index contributed by atoms with van der Waals surface area (Å²) < 4.78 is 38.8. The number of hydrogen-bond donors (Lipinski definition) is 2. The molecule has 0 bridgehead atoms. The molecule has 1 aromatic carbocycles. The van der Waals surface area contributed by atoms with E-state index in [1.165, 1.54) is 5.56 Å². The fraction of sp³-hybridized carbons (Fsp3) is 0.286. The van der Waals surface area contributed by atoms with E-state index in [4.69, 9.17) is 5.73 Å². The molecule has 3 rings (SSSR count). The first-order chi connectivity index (χ1) is 9.93. The molecule has 0 spiro atoms. The number of halogens is 3. The maximum absolute atomic E-state index is 12.9. The van der Waals surface area contributed by atoms with E-state index < -0.39 is 11.7 Å². The molecule has 0 atom stereocenters. The van der Waals surface area contributed by atoms with Crippen molar-refractivity contribution < 1.29 is 13.2 Å². The van der Waals surface area contributed by atoms with E-state index in [1.54, 1.807) is 6.07 Å². The lowest BCUT2D eigenvalue weighted by atomic mass is 10.1. The fourth-order valence-electron chi connectivity index (χ4n) is 2.48. The number of nitrogens with two attached hydrogens (primary N) is 1. The summed E-state index contributed by atoms with van der Waals surface area (Å²) in [6.45, 7) is 0. The number of alkyl halides is 3. The Balaban J connectivity index is 1.96. The molecule has 4 nitrogen and oxygen atoms in total. The van der Waals surface area contributed by atoms with Gasteiger partial charge in [0, 0.05) is 11.9 Å². The minimum absolute atomic E-state index is 0.202. The summed E-state index contributed by atoms with van der Waals surface area (Å²) in [4.78, 5) is 7.08. The van der Waals surface area contributed by atoms with E-state index in [9.17, 15) is 13.2 Å². The van der Waals surface area contributed by atoms with Crippen molar-refractivity contribution in [3.63, 3.8) is 0 Å². The Morgan fingerprint density at radius 3 is 2.67 bits per heavy atom. The number of nitrogens with one attached hydrogen (secondary N) is 1. The lowest BCUT2D eigenvalue weighted by molar-refractivity contribution is -0.137. The largest absolute Gasteiger partial charge is 0.421 e. The summed E-state index contributed by atoms with van der Waals surface area (Å²) in [6.07, 6.45) is -0.801. The molecule has 110 valence electrons. The predicted octanol–water partition coefficient (Wildman–Crippen LogP) is 3.31. The molecule has 0 unspecified atom stereocenters. The third kappa shape index (κ3) is 2.76. The molecule has 0 saturated heterocycles. The molecule has 7 heteroatoms. The molecule has 0 saturated carbocycles. The SMILES string of the molecule is Nc1ncc(C(F)(F)F)c(Nc2ccc3c(c2)CCC3)n1. The number of fused-ring (bicyclic) bond motifs is 1. The van der Waals surface area contributed by atoms with Gasteiger partial charge in [0.25, 0.3) is 0 Å². The number of rotatable bonds is 2. The van der Waals surface area contributed by atoms with Crippen LogP contribution in [0.4, 0.5) is 30.6 Å². The van der Waals surface area contributed by atoms with Crippen molar-refractivity contribution in [2.75, 3.05) is 11.1 Å². The zero-order valence-corrected chi connectivity index (χ0v) is 11.0. The van der Waals surface area contributed by atoms with Gasteiger partial charge in [-0.3, -0.25) is 0 Å². The quantitative estimate of drug-likeness (QED) is 0.892. The highest BCUT2D eigenvalue weighted by molar-refractivity contribution is 5.62. The Hall–Kier alpha value is -2.31. The van der Waals surface area contributed by atoms with Gasteiger partial charge in [-0.15, -0.1) is 0 Å². The molecular formula is C14H13F3N4. The van der Waals surface area contributed by atoms with E-state index in [0.29, 0.717) is 11.9 Å². The normalized spacial score (nSPS) is 14.0. The van der Waals surface area contributed by atoms with Crippen LogP contribution in [0.25, 0.3) is 0 Å². The number of hydrogen-bond acceptors (Lipinski definition) is 4. The Bertz CT molecular complexity index is 682. The first-order valence-corrected chi connectivity index (χ1v) is 6.52. The highest BCUT2D eigenvalue weighted by Gasteiger charge is 2.35. The van der Waals surface area contributed by atoms with Gasteiger partial charge in [0.15, 0.2) is 0 Å². The number of anilines is 3. The monoisotopic (exact) mass is 294 g/mol. The summed E-state index contributed by atoms with van der Waals surface area (Å²) in [5.41, 5.74) is 7.43. The van der Waals surface area contributed by atoms with Crippen molar-refractivity contribution in [2.24, 2.45) is 0 Å². The second-order valence-corrected chi connectivity index (χ2v) is 4.95. The van der Waals surface area contributed by atoms with Gasteiger partial charge in [0.05, 0.1) is 0 Å². The van der Waals surface area contributed by atoms with Crippen molar-refractivity contribution in [1.82, 2.24) is 9.97 Å². The number of aryl methyl sites for hydroxylation is 2. The summed E-state index contributed by atoms with van der Waals surface area (Å²) in [5, 5.41) is 2.70. The topological polar surface area (TPSA) is 63.8 Å². The van der Waals surface area contributed by atoms with Crippen molar-refractivity contribution in [1.29, 1.82) is 0 Å². The van der Waals surface area contributed by atoms with Crippen LogP contribution in [-0.2, 0) is 19.0 Å². The van der Waals surface area contributed by atoms with Crippen LogP contribution >= 0.6 is 0 Å². The molecule has 1 aliphatic carbocycles. The molecule has 1 aliphatic rings. The van der Waals surface area contributed by atoms with Crippen LogP contribution in [0.3, 0.4) is 0 Å². The first-order valence-electron chi connectivity index (χ1n) is 6.52. The summed E-state index contributed by atoms with van der Waals surface area (Å²) in [6, 6.07) is 5.55. The first kappa shape index (κ1) is 13.7. The van der Waals surface area contributed by atoms with Crippen molar-refractivity contribution >= 4 is 17.5 Å². The van der Waals surface area contributed by atoms with Gasteiger partial charge in [-0.25, -0.2) is 4.98 Å². The molecule has 1 heterocycles. The second kappa shape index (κ2) is 4.91. The van der Waals surface area contributed by atoms with Crippen molar-refractivity contribution in [3.8, 4) is 0 Å².